The highest BCUT2D eigenvalue weighted by Crippen LogP contribution is 2.32. The van der Waals surface area contributed by atoms with E-state index in [0.717, 1.165) is 25.6 Å². The first-order chi connectivity index (χ1) is 10.5. The molecule has 0 aromatic heterocycles. The lowest BCUT2D eigenvalue weighted by molar-refractivity contribution is -0.143. The number of benzene rings is 2. The molecule has 0 radical (unpaired) electrons. The minimum atomic E-state index is -0.144. The van der Waals surface area contributed by atoms with Crippen LogP contribution in [0.1, 0.15) is 31.7 Å². The van der Waals surface area contributed by atoms with E-state index in [2.05, 4.69) is 62.2 Å². The molecule has 0 heterocycles. The monoisotopic (exact) mass is 424 g/mol. The number of carbonyl (C=O) groups excluding carboxylic acids is 1. The lowest BCUT2D eigenvalue weighted by atomic mass is 9.95. The van der Waals surface area contributed by atoms with Crippen LogP contribution in [0.2, 0.25) is 0 Å². The zero-order valence-corrected chi connectivity index (χ0v) is 15.8. The lowest BCUT2D eigenvalue weighted by Crippen LogP contribution is -2.08. The van der Waals surface area contributed by atoms with Crippen LogP contribution in [0.15, 0.2) is 51.4 Å². The molecule has 0 aliphatic rings. The van der Waals surface area contributed by atoms with E-state index in [0.29, 0.717) is 13.0 Å². The van der Waals surface area contributed by atoms with E-state index in [1.807, 2.05) is 26.0 Å². The van der Waals surface area contributed by atoms with Gasteiger partial charge in [0.1, 0.15) is 0 Å². The summed E-state index contributed by atoms with van der Waals surface area (Å²) in [5.41, 5.74) is 3.43. The average Bonchev–Trinajstić information content (AvgIpc) is 2.47. The van der Waals surface area contributed by atoms with Crippen LogP contribution in [-0.4, -0.2) is 12.6 Å². The zero-order valence-electron chi connectivity index (χ0n) is 12.6. The molecular weight excluding hydrogens is 408 g/mol. The fourth-order valence-corrected chi connectivity index (χ4v) is 3.58. The third kappa shape index (κ3) is 4.43. The minimum Gasteiger partial charge on any atom is -0.466 e. The number of halogens is 2. The topological polar surface area (TPSA) is 26.3 Å². The Labute approximate surface area is 148 Å². The molecule has 0 fully saturated rings. The summed E-state index contributed by atoms with van der Waals surface area (Å²) in [6, 6.07) is 14.5. The third-order valence-corrected chi connectivity index (χ3v) is 4.65. The summed E-state index contributed by atoms with van der Waals surface area (Å²) in [6.45, 7) is 4.30. The largest absolute Gasteiger partial charge is 0.466 e. The molecule has 2 aromatic rings. The van der Waals surface area contributed by atoms with E-state index in [-0.39, 0.29) is 11.9 Å². The van der Waals surface area contributed by atoms with Crippen molar-refractivity contribution < 1.29 is 9.53 Å². The SMILES string of the molecule is CCOC(=O)CC(C)c1ccc(-c2ccc(Br)cc2Br)cc1. The van der Waals surface area contributed by atoms with Gasteiger partial charge in [0.05, 0.1) is 13.0 Å². The Kier molecular flexibility index (Phi) is 6.21. The maximum absolute atomic E-state index is 11.6. The van der Waals surface area contributed by atoms with Gasteiger partial charge in [0.15, 0.2) is 0 Å². The summed E-state index contributed by atoms with van der Waals surface area (Å²) in [4.78, 5) is 11.6. The Balaban J connectivity index is 2.14. The van der Waals surface area contributed by atoms with Crippen LogP contribution in [0.25, 0.3) is 11.1 Å². The van der Waals surface area contributed by atoms with Crippen LogP contribution in [-0.2, 0) is 9.53 Å². The van der Waals surface area contributed by atoms with E-state index in [1.165, 1.54) is 0 Å². The van der Waals surface area contributed by atoms with Gasteiger partial charge in [-0.05, 0) is 41.7 Å². The Morgan fingerprint density at radius 3 is 2.41 bits per heavy atom. The number of ether oxygens (including phenoxy) is 1. The van der Waals surface area contributed by atoms with Gasteiger partial charge in [0.2, 0.25) is 0 Å². The van der Waals surface area contributed by atoms with E-state index in [1.54, 1.807) is 0 Å². The van der Waals surface area contributed by atoms with Gasteiger partial charge < -0.3 is 4.74 Å². The first-order valence-electron chi connectivity index (χ1n) is 7.22. The van der Waals surface area contributed by atoms with Crippen LogP contribution in [0.5, 0.6) is 0 Å². The van der Waals surface area contributed by atoms with Gasteiger partial charge in [-0.25, -0.2) is 0 Å². The average molecular weight is 426 g/mol. The van der Waals surface area contributed by atoms with Crippen molar-refractivity contribution in [2.24, 2.45) is 0 Å². The highest BCUT2D eigenvalue weighted by Gasteiger charge is 2.12. The molecular formula is C18H18Br2O2. The molecule has 1 unspecified atom stereocenters. The first-order valence-corrected chi connectivity index (χ1v) is 8.81. The van der Waals surface area contributed by atoms with E-state index in [9.17, 15) is 4.79 Å². The Hall–Kier alpha value is -1.13. The first kappa shape index (κ1) is 17.2. The summed E-state index contributed by atoms with van der Waals surface area (Å²) in [5.74, 6) is 0.0104. The molecule has 0 bridgehead atoms. The quantitative estimate of drug-likeness (QED) is 0.554. The van der Waals surface area contributed by atoms with Crippen LogP contribution < -0.4 is 0 Å². The summed E-state index contributed by atoms with van der Waals surface area (Å²) in [5, 5.41) is 0. The van der Waals surface area contributed by atoms with Crippen molar-refractivity contribution in [3.8, 4) is 11.1 Å². The second-order valence-corrected chi connectivity index (χ2v) is 6.93. The highest BCUT2D eigenvalue weighted by molar-refractivity contribution is 9.11. The molecule has 0 N–H and O–H groups in total. The van der Waals surface area contributed by atoms with Crippen molar-refractivity contribution in [2.45, 2.75) is 26.2 Å². The summed E-state index contributed by atoms with van der Waals surface area (Å²) < 4.78 is 7.10. The molecule has 4 heteroatoms. The van der Waals surface area contributed by atoms with Crippen LogP contribution in [0.3, 0.4) is 0 Å². The smallest absolute Gasteiger partial charge is 0.306 e. The van der Waals surface area contributed by atoms with Crippen molar-refractivity contribution in [3.63, 3.8) is 0 Å². The normalized spacial score (nSPS) is 12.0. The number of hydrogen-bond donors (Lipinski definition) is 0. The van der Waals surface area contributed by atoms with Crippen molar-refractivity contribution >= 4 is 37.8 Å². The van der Waals surface area contributed by atoms with Gasteiger partial charge in [-0.2, -0.15) is 0 Å². The number of esters is 1. The summed E-state index contributed by atoms with van der Waals surface area (Å²) >= 11 is 7.05. The van der Waals surface area contributed by atoms with Gasteiger partial charge >= 0.3 is 5.97 Å². The molecule has 22 heavy (non-hydrogen) atoms. The summed E-state index contributed by atoms with van der Waals surface area (Å²) in [7, 11) is 0. The maximum atomic E-state index is 11.6. The zero-order chi connectivity index (χ0) is 16.1. The van der Waals surface area contributed by atoms with Gasteiger partial charge in [0.25, 0.3) is 0 Å². The molecule has 2 nitrogen and oxygen atoms in total. The predicted molar refractivity (Wildman–Crippen MR) is 96.9 cm³/mol. The maximum Gasteiger partial charge on any atom is 0.306 e. The fraction of sp³-hybridized carbons (Fsp3) is 0.278. The lowest BCUT2D eigenvalue weighted by Gasteiger charge is -2.12. The Morgan fingerprint density at radius 2 is 1.82 bits per heavy atom. The second-order valence-electron chi connectivity index (χ2n) is 5.16. The molecule has 0 saturated heterocycles. The molecule has 0 saturated carbocycles. The number of rotatable bonds is 5. The van der Waals surface area contributed by atoms with Gasteiger partial charge in [-0.3, -0.25) is 4.79 Å². The number of hydrogen-bond acceptors (Lipinski definition) is 2. The Morgan fingerprint density at radius 1 is 1.14 bits per heavy atom. The molecule has 0 aliphatic carbocycles. The molecule has 0 aliphatic heterocycles. The highest BCUT2D eigenvalue weighted by atomic mass is 79.9. The van der Waals surface area contributed by atoms with Crippen molar-refractivity contribution in [1.29, 1.82) is 0 Å². The molecule has 2 rings (SSSR count). The van der Waals surface area contributed by atoms with Crippen LogP contribution >= 0.6 is 31.9 Å². The molecule has 116 valence electrons. The second kappa shape index (κ2) is 7.93. The third-order valence-electron chi connectivity index (χ3n) is 3.50. The Bertz CT molecular complexity index is 651. The van der Waals surface area contributed by atoms with Gasteiger partial charge in [0, 0.05) is 8.95 Å². The van der Waals surface area contributed by atoms with E-state index in [4.69, 9.17) is 4.74 Å². The van der Waals surface area contributed by atoms with Crippen LogP contribution in [0, 0.1) is 0 Å². The minimum absolute atomic E-state index is 0.144. The van der Waals surface area contributed by atoms with Crippen molar-refractivity contribution in [2.75, 3.05) is 6.61 Å². The predicted octanol–water partition coefficient (Wildman–Crippen LogP) is 5.94. The van der Waals surface area contributed by atoms with E-state index >= 15 is 0 Å². The molecule has 0 amide bonds. The molecule has 0 spiro atoms. The van der Waals surface area contributed by atoms with Gasteiger partial charge in [-0.15, -0.1) is 0 Å². The summed E-state index contributed by atoms with van der Waals surface area (Å²) in [6.07, 6.45) is 0.412. The van der Waals surface area contributed by atoms with Crippen molar-refractivity contribution in [1.82, 2.24) is 0 Å². The van der Waals surface area contributed by atoms with Crippen molar-refractivity contribution in [3.05, 3.63) is 57.0 Å². The number of carbonyl (C=O) groups is 1. The fourth-order valence-electron chi connectivity index (χ4n) is 2.30. The standard InChI is InChI=1S/C18H18Br2O2/c1-3-22-18(21)10-12(2)13-4-6-14(7-5-13)16-9-8-15(19)11-17(16)20/h4-9,11-12H,3,10H2,1-2H3. The van der Waals surface area contributed by atoms with Gasteiger partial charge in [-0.1, -0.05) is 69.1 Å². The molecule has 2 aromatic carbocycles. The molecule has 1 atom stereocenters. The van der Waals surface area contributed by atoms with E-state index < -0.39 is 0 Å². The van der Waals surface area contributed by atoms with Crippen LogP contribution in [0.4, 0.5) is 0 Å².